The Morgan fingerprint density at radius 2 is 1.76 bits per heavy atom. The molecule has 1 fully saturated rings. The highest BCUT2D eigenvalue weighted by atomic mass is 19.1. The van der Waals surface area contributed by atoms with Crippen LogP contribution in [0.5, 0.6) is 0 Å². The van der Waals surface area contributed by atoms with Gasteiger partial charge >= 0.3 is 0 Å². The third-order valence-corrected chi connectivity index (χ3v) is 4.12. The topological polar surface area (TPSA) is 77.3 Å². The van der Waals surface area contributed by atoms with Crippen molar-refractivity contribution in [3.05, 3.63) is 59.0 Å². The molecule has 1 amide bonds. The first-order valence-corrected chi connectivity index (χ1v) is 9.77. The second-order valence-corrected chi connectivity index (χ2v) is 5.65. The third-order valence-electron chi connectivity index (χ3n) is 4.12. The molecule has 0 unspecified atom stereocenters. The normalized spacial score (nSPS) is 12.6. The van der Waals surface area contributed by atoms with Crippen LogP contribution >= 0.6 is 0 Å². The van der Waals surface area contributed by atoms with Crippen molar-refractivity contribution in [2.45, 2.75) is 27.7 Å². The van der Waals surface area contributed by atoms with Crippen molar-refractivity contribution >= 4 is 18.0 Å². The van der Waals surface area contributed by atoms with Crippen LogP contribution in [-0.2, 0) is 0 Å². The van der Waals surface area contributed by atoms with E-state index in [-0.39, 0.29) is 11.1 Å². The van der Waals surface area contributed by atoms with Crippen molar-refractivity contribution < 1.29 is 14.0 Å². The van der Waals surface area contributed by atoms with Crippen LogP contribution in [0.1, 0.15) is 54.0 Å². The number of nitrogens with zero attached hydrogens (tertiary/aromatic N) is 4. The van der Waals surface area contributed by atoms with Gasteiger partial charge in [-0.1, -0.05) is 27.7 Å². The molecule has 0 radical (unpaired) electrons. The van der Waals surface area contributed by atoms with Crippen LogP contribution in [0, 0.1) is 17.1 Å². The Hall–Kier alpha value is -3.27. The Morgan fingerprint density at radius 3 is 2.28 bits per heavy atom. The van der Waals surface area contributed by atoms with Crippen molar-refractivity contribution in [2.24, 2.45) is 0 Å². The number of pyridine rings is 1. The van der Waals surface area contributed by atoms with E-state index in [1.165, 1.54) is 18.3 Å². The lowest BCUT2D eigenvalue weighted by atomic mass is 10.1. The van der Waals surface area contributed by atoms with Crippen molar-refractivity contribution in [3.8, 4) is 6.07 Å². The molecule has 0 aliphatic carbocycles. The molecule has 1 aliphatic heterocycles. The van der Waals surface area contributed by atoms with Gasteiger partial charge in [0.25, 0.3) is 5.91 Å². The smallest absolute Gasteiger partial charge is 0.256 e. The Balaban J connectivity index is 0.000000989. The van der Waals surface area contributed by atoms with E-state index in [4.69, 9.17) is 5.26 Å². The summed E-state index contributed by atoms with van der Waals surface area (Å²) >= 11 is 0. The summed E-state index contributed by atoms with van der Waals surface area (Å²) in [6.07, 6.45) is 2.10. The Kier molecular flexibility index (Phi) is 10.0. The van der Waals surface area contributed by atoms with Crippen LogP contribution in [0.15, 0.2) is 36.5 Å². The highest BCUT2D eigenvalue weighted by Crippen LogP contribution is 2.17. The van der Waals surface area contributed by atoms with Crippen LogP contribution in [0.3, 0.4) is 0 Å². The number of benzene rings is 1. The van der Waals surface area contributed by atoms with E-state index in [0.717, 1.165) is 11.9 Å². The van der Waals surface area contributed by atoms with Gasteiger partial charge in [-0.15, -0.1) is 0 Å². The zero-order valence-electron chi connectivity index (χ0n) is 17.4. The number of aldehydes is 1. The first-order chi connectivity index (χ1) is 14.1. The average Bonchev–Trinajstić information content (AvgIpc) is 2.82. The van der Waals surface area contributed by atoms with Gasteiger partial charge < -0.3 is 9.80 Å². The lowest BCUT2D eigenvalue weighted by Gasteiger charge is -2.35. The first kappa shape index (κ1) is 23.8. The molecular formula is C22H27FN4O2. The zero-order chi connectivity index (χ0) is 21.8. The predicted molar refractivity (Wildman–Crippen MR) is 112 cm³/mol. The second kappa shape index (κ2) is 12.2. The Labute approximate surface area is 171 Å². The summed E-state index contributed by atoms with van der Waals surface area (Å²) in [6.45, 7) is 9.95. The number of nitriles is 1. The van der Waals surface area contributed by atoms with Gasteiger partial charge in [0.15, 0.2) is 0 Å². The molecule has 0 N–H and O–H groups in total. The summed E-state index contributed by atoms with van der Waals surface area (Å²) < 4.78 is 13.9. The lowest BCUT2D eigenvalue weighted by molar-refractivity contribution is 0.0742. The van der Waals surface area contributed by atoms with Gasteiger partial charge in [0.1, 0.15) is 24.0 Å². The molecule has 29 heavy (non-hydrogen) atoms. The van der Waals surface area contributed by atoms with Gasteiger partial charge in [-0.25, -0.2) is 9.37 Å². The van der Waals surface area contributed by atoms with Gasteiger partial charge in [0, 0.05) is 37.9 Å². The van der Waals surface area contributed by atoms with Gasteiger partial charge in [0.05, 0.1) is 11.1 Å². The fourth-order valence-electron chi connectivity index (χ4n) is 2.73. The predicted octanol–water partition coefficient (Wildman–Crippen LogP) is 3.92. The number of halogens is 1. The molecule has 1 saturated heterocycles. The van der Waals surface area contributed by atoms with Crippen LogP contribution < -0.4 is 4.90 Å². The van der Waals surface area contributed by atoms with E-state index in [0.29, 0.717) is 38.0 Å². The standard InChI is InChI=1S/C18H15FN4O2.2C2H6/c19-16-3-1-13(12-24)9-15(16)18(25)23-7-5-22(6-8-23)17-4-2-14(10-20)11-21-17;2*1-2/h1-4,9,11-12H,5-8H2;2*1-2H3. The summed E-state index contributed by atoms with van der Waals surface area (Å²) in [6, 6.07) is 9.23. The van der Waals surface area contributed by atoms with Crippen molar-refractivity contribution in [1.82, 2.24) is 9.88 Å². The second-order valence-electron chi connectivity index (χ2n) is 5.65. The number of amides is 1. The minimum Gasteiger partial charge on any atom is -0.353 e. The number of carbonyl (C=O) groups excluding carboxylic acids is 2. The quantitative estimate of drug-likeness (QED) is 0.733. The molecule has 1 aromatic carbocycles. The van der Waals surface area contributed by atoms with E-state index in [2.05, 4.69) is 4.98 Å². The van der Waals surface area contributed by atoms with E-state index in [1.807, 2.05) is 38.7 Å². The molecule has 2 heterocycles. The minimum absolute atomic E-state index is 0.0884. The van der Waals surface area contributed by atoms with Crippen LogP contribution in [0.25, 0.3) is 0 Å². The van der Waals surface area contributed by atoms with Gasteiger partial charge in [-0.3, -0.25) is 9.59 Å². The summed E-state index contributed by atoms with van der Waals surface area (Å²) in [5.41, 5.74) is 0.669. The van der Waals surface area contributed by atoms with Crippen molar-refractivity contribution in [2.75, 3.05) is 31.1 Å². The van der Waals surface area contributed by atoms with Gasteiger partial charge in [0.2, 0.25) is 0 Å². The van der Waals surface area contributed by atoms with Gasteiger partial charge in [-0.2, -0.15) is 5.26 Å². The molecule has 0 saturated carbocycles. The summed E-state index contributed by atoms with van der Waals surface area (Å²) in [5, 5.41) is 8.80. The van der Waals surface area contributed by atoms with E-state index in [1.54, 1.807) is 17.0 Å². The molecule has 1 aromatic heterocycles. The number of piperazine rings is 1. The maximum absolute atomic E-state index is 13.9. The number of anilines is 1. The number of rotatable bonds is 3. The lowest BCUT2D eigenvalue weighted by Crippen LogP contribution is -2.49. The van der Waals surface area contributed by atoms with E-state index < -0.39 is 11.7 Å². The molecule has 0 atom stereocenters. The molecule has 154 valence electrons. The highest BCUT2D eigenvalue weighted by molar-refractivity contribution is 5.96. The molecule has 6 nitrogen and oxygen atoms in total. The van der Waals surface area contributed by atoms with Crippen molar-refractivity contribution in [3.63, 3.8) is 0 Å². The largest absolute Gasteiger partial charge is 0.353 e. The zero-order valence-corrected chi connectivity index (χ0v) is 17.4. The summed E-state index contributed by atoms with van der Waals surface area (Å²) in [4.78, 5) is 31.2. The van der Waals surface area contributed by atoms with Crippen LogP contribution in [0.2, 0.25) is 0 Å². The SMILES string of the molecule is CC.CC.N#Cc1ccc(N2CCN(C(=O)c3cc(C=O)ccc3F)CC2)nc1. The molecule has 7 heteroatoms. The minimum atomic E-state index is -0.633. The third kappa shape index (κ3) is 6.11. The Bertz CT molecular complexity index is 839. The molecule has 2 aromatic rings. The van der Waals surface area contributed by atoms with E-state index in [9.17, 15) is 14.0 Å². The Morgan fingerprint density at radius 1 is 1.10 bits per heavy atom. The van der Waals surface area contributed by atoms with E-state index >= 15 is 0 Å². The van der Waals surface area contributed by atoms with Gasteiger partial charge in [-0.05, 0) is 30.3 Å². The average molecular weight is 398 g/mol. The maximum Gasteiger partial charge on any atom is 0.256 e. The maximum atomic E-state index is 13.9. The number of hydrogen-bond donors (Lipinski definition) is 0. The highest BCUT2D eigenvalue weighted by Gasteiger charge is 2.24. The molecular weight excluding hydrogens is 371 g/mol. The molecule has 0 spiro atoms. The summed E-state index contributed by atoms with van der Waals surface area (Å²) in [7, 11) is 0. The fraction of sp³-hybridized carbons (Fsp3) is 0.364. The number of aromatic nitrogens is 1. The molecule has 3 rings (SSSR count). The summed E-state index contributed by atoms with van der Waals surface area (Å²) in [5.74, 6) is -0.319. The van der Waals surface area contributed by atoms with Crippen LogP contribution in [0.4, 0.5) is 10.2 Å². The fourth-order valence-corrected chi connectivity index (χ4v) is 2.73. The monoisotopic (exact) mass is 398 g/mol. The molecule has 1 aliphatic rings. The number of carbonyl (C=O) groups is 2. The van der Waals surface area contributed by atoms with Crippen molar-refractivity contribution in [1.29, 1.82) is 5.26 Å². The number of hydrogen-bond acceptors (Lipinski definition) is 5. The van der Waals surface area contributed by atoms with Crippen LogP contribution in [-0.4, -0.2) is 48.3 Å². The molecule has 0 bridgehead atoms. The first-order valence-electron chi connectivity index (χ1n) is 9.77.